The number of rotatable bonds is 4. The van der Waals surface area contributed by atoms with E-state index in [1.54, 1.807) is 0 Å². The minimum Gasteiger partial charge on any atom is -0.310 e. The molecule has 0 amide bonds. The van der Waals surface area contributed by atoms with E-state index in [1.807, 2.05) is 0 Å². The first-order chi connectivity index (χ1) is 8.78. The number of halogens is 1. The molecule has 1 aromatic carbocycles. The molecule has 0 aromatic heterocycles. The molecule has 1 N–H and O–H groups in total. The lowest BCUT2D eigenvalue weighted by molar-refractivity contribution is 0.253. The molecule has 0 aliphatic heterocycles. The van der Waals surface area contributed by atoms with Crippen molar-refractivity contribution in [2.45, 2.75) is 38.6 Å². The molecule has 1 aromatic rings. The van der Waals surface area contributed by atoms with Crippen molar-refractivity contribution in [3.63, 3.8) is 0 Å². The average molecular weight is 308 g/mol. The van der Waals surface area contributed by atoms with Crippen LogP contribution in [0.2, 0.25) is 0 Å². The van der Waals surface area contributed by atoms with Gasteiger partial charge >= 0.3 is 0 Å². The Kier molecular flexibility index (Phi) is 3.76. The van der Waals surface area contributed by atoms with Gasteiger partial charge in [0.05, 0.1) is 0 Å². The predicted octanol–water partition coefficient (Wildman–Crippen LogP) is 4.54. The summed E-state index contributed by atoms with van der Waals surface area (Å²) < 4.78 is 1.18. The van der Waals surface area contributed by atoms with E-state index in [2.05, 4.69) is 52.4 Å². The molecule has 2 heteroatoms. The normalized spacial score (nSPS) is 31.8. The maximum atomic E-state index is 3.73. The lowest BCUT2D eigenvalue weighted by Crippen LogP contribution is -2.31. The van der Waals surface area contributed by atoms with Gasteiger partial charge in [-0.2, -0.15) is 0 Å². The van der Waals surface area contributed by atoms with Crippen LogP contribution in [-0.4, -0.2) is 6.54 Å². The standard InChI is InChI=1S/C16H22BrN/c1-2-18-16(12-5-7-14(17)8-6-12)15-10-11-3-4-13(15)9-11/h5-8,11,13,15-16,18H,2-4,9-10H2,1H3. The van der Waals surface area contributed by atoms with Gasteiger partial charge in [0.1, 0.15) is 0 Å². The van der Waals surface area contributed by atoms with E-state index in [0.29, 0.717) is 6.04 Å². The summed E-state index contributed by atoms with van der Waals surface area (Å²) >= 11 is 3.53. The second-order valence-electron chi connectivity index (χ2n) is 5.93. The third-order valence-electron chi connectivity index (χ3n) is 4.87. The van der Waals surface area contributed by atoms with Crippen LogP contribution in [0.3, 0.4) is 0 Å². The van der Waals surface area contributed by atoms with Crippen LogP contribution < -0.4 is 5.32 Å². The monoisotopic (exact) mass is 307 g/mol. The zero-order valence-electron chi connectivity index (χ0n) is 11.0. The van der Waals surface area contributed by atoms with Gasteiger partial charge in [-0.3, -0.25) is 0 Å². The molecule has 18 heavy (non-hydrogen) atoms. The van der Waals surface area contributed by atoms with Crippen LogP contribution in [-0.2, 0) is 0 Å². The summed E-state index contributed by atoms with van der Waals surface area (Å²) in [6.45, 7) is 3.29. The van der Waals surface area contributed by atoms with Gasteiger partial charge in [0.25, 0.3) is 0 Å². The quantitative estimate of drug-likeness (QED) is 0.861. The van der Waals surface area contributed by atoms with E-state index in [1.165, 1.54) is 35.7 Å². The number of hydrogen-bond acceptors (Lipinski definition) is 1. The highest BCUT2D eigenvalue weighted by Crippen LogP contribution is 2.52. The first-order valence-electron chi connectivity index (χ1n) is 7.26. The zero-order chi connectivity index (χ0) is 12.5. The summed E-state index contributed by atoms with van der Waals surface area (Å²) in [5, 5.41) is 3.73. The number of nitrogens with one attached hydrogen (secondary N) is 1. The maximum absolute atomic E-state index is 3.73. The second-order valence-corrected chi connectivity index (χ2v) is 6.84. The third kappa shape index (κ3) is 2.37. The van der Waals surface area contributed by atoms with Gasteiger partial charge in [0.15, 0.2) is 0 Å². The Morgan fingerprint density at radius 3 is 2.56 bits per heavy atom. The fourth-order valence-electron chi connectivity index (χ4n) is 4.11. The summed E-state index contributed by atoms with van der Waals surface area (Å²) in [6, 6.07) is 9.48. The molecule has 1 nitrogen and oxygen atoms in total. The minimum atomic E-state index is 0.568. The Labute approximate surface area is 118 Å². The van der Waals surface area contributed by atoms with Crippen molar-refractivity contribution in [3.05, 3.63) is 34.3 Å². The van der Waals surface area contributed by atoms with Crippen molar-refractivity contribution < 1.29 is 0 Å². The summed E-state index contributed by atoms with van der Waals surface area (Å²) in [5.74, 6) is 2.86. The molecule has 2 aliphatic carbocycles. The molecule has 3 rings (SSSR count). The molecular weight excluding hydrogens is 286 g/mol. The largest absolute Gasteiger partial charge is 0.310 e. The number of fused-ring (bicyclic) bond motifs is 2. The molecule has 0 radical (unpaired) electrons. The molecule has 4 atom stereocenters. The Bertz CT molecular complexity index is 400. The Morgan fingerprint density at radius 1 is 1.22 bits per heavy atom. The van der Waals surface area contributed by atoms with E-state index in [0.717, 1.165) is 24.3 Å². The van der Waals surface area contributed by atoms with E-state index in [-0.39, 0.29) is 0 Å². The van der Waals surface area contributed by atoms with Crippen molar-refractivity contribution in [1.82, 2.24) is 5.32 Å². The van der Waals surface area contributed by atoms with Crippen molar-refractivity contribution in [2.24, 2.45) is 17.8 Å². The van der Waals surface area contributed by atoms with Gasteiger partial charge in [-0.1, -0.05) is 41.4 Å². The van der Waals surface area contributed by atoms with Crippen molar-refractivity contribution >= 4 is 15.9 Å². The van der Waals surface area contributed by atoms with E-state index >= 15 is 0 Å². The van der Waals surface area contributed by atoms with Crippen molar-refractivity contribution in [2.75, 3.05) is 6.54 Å². The lowest BCUT2D eigenvalue weighted by atomic mass is 9.80. The second kappa shape index (κ2) is 5.34. The molecular formula is C16H22BrN. The van der Waals surface area contributed by atoms with Gasteiger partial charge in [-0.05, 0) is 61.3 Å². The molecule has 2 aliphatic rings. The summed E-state index contributed by atoms with van der Waals surface area (Å²) in [4.78, 5) is 0. The van der Waals surface area contributed by atoms with Crippen LogP contribution in [0.1, 0.15) is 44.2 Å². The van der Waals surface area contributed by atoms with E-state index < -0.39 is 0 Å². The highest BCUT2D eigenvalue weighted by Gasteiger charge is 2.43. The first-order valence-corrected chi connectivity index (χ1v) is 8.06. The van der Waals surface area contributed by atoms with Crippen LogP contribution in [0.25, 0.3) is 0 Å². The van der Waals surface area contributed by atoms with Gasteiger partial charge < -0.3 is 5.32 Å². The van der Waals surface area contributed by atoms with Crippen LogP contribution in [0, 0.1) is 17.8 Å². The predicted molar refractivity (Wildman–Crippen MR) is 79.5 cm³/mol. The SMILES string of the molecule is CCNC(c1ccc(Br)cc1)C1CC2CCC1C2. The number of hydrogen-bond donors (Lipinski definition) is 1. The third-order valence-corrected chi connectivity index (χ3v) is 5.40. The summed E-state index contributed by atoms with van der Waals surface area (Å²) in [7, 11) is 0. The molecule has 2 fully saturated rings. The van der Waals surface area contributed by atoms with Crippen LogP contribution in [0.15, 0.2) is 28.7 Å². The highest BCUT2D eigenvalue weighted by atomic mass is 79.9. The molecule has 2 saturated carbocycles. The fourth-order valence-corrected chi connectivity index (χ4v) is 4.37. The van der Waals surface area contributed by atoms with Crippen LogP contribution >= 0.6 is 15.9 Å². The first kappa shape index (κ1) is 12.7. The molecule has 98 valence electrons. The molecule has 0 heterocycles. The van der Waals surface area contributed by atoms with E-state index in [4.69, 9.17) is 0 Å². The van der Waals surface area contributed by atoms with Gasteiger partial charge in [0.2, 0.25) is 0 Å². The Balaban J connectivity index is 1.81. The smallest absolute Gasteiger partial charge is 0.0351 e. The van der Waals surface area contributed by atoms with Gasteiger partial charge in [-0.15, -0.1) is 0 Å². The van der Waals surface area contributed by atoms with Crippen LogP contribution in [0.5, 0.6) is 0 Å². The fraction of sp³-hybridized carbons (Fsp3) is 0.625. The Morgan fingerprint density at radius 2 is 2.00 bits per heavy atom. The van der Waals surface area contributed by atoms with Crippen molar-refractivity contribution in [1.29, 1.82) is 0 Å². The minimum absolute atomic E-state index is 0.568. The summed E-state index contributed by atoms with van der Waals surface area (Å²) in [6.07, 6.45) is 5.88. The highest BCUT2D eigenvalue weighted by molar-refractivity contribution is 9.10. The zero-order valence-corrected chi connectivity index (χ0v) is 12.6. The van der Waals surface area contributed by atoms with Crippen molar-refractivity contribution in [3.8, 4) is 0 Å². The van der Waals surface area contributed by atoms with Crippen LogP contribution in [0.4, 0.5) is 0 Å². The van der Waals surface area contributed by atoms with E-state index in [9.17, 15) is 0 Å². The lowest BCUT2D eigenvalue weighted by Gasteiger charge is -2.31. The molecule has 0 saturated heterocycles. The maximum Gasteiger partial charge on any atom is 0.0351 e. The molecule has 4 unspecified atom stereocenters. The Hall–Kier alpha value is -0.340. The average Bonchev–Trinajstić information content (AvgIpc) is 2.99. The van der Waals surface area contributed by atoms with Gasteiger partial charge in [0, 0.05) is 10.5 Å². The molecule has 2 bridgehead atoms. The molecule has 0 spiro atoms. The summed E-state index contributed by atoms with van der Waals surface area (Å²) in [5.41, 5.74) is 1.47. The number of benzene rings is 1. The van der Waals surface area contributed by atoms with Gasteiger partial charge in [-0.25, -0.2) is 0 Å². The topological polar surface area (TPSA) is 12.0 Å².